The van der Waals surface area contributed by atoms with Crippen LogP contribution < -0.4 is 58.2 Å². The van der Waals surface area contributed by atoms with Crippen LogP contribution in [0.2, 0.25) is 0 Å². The molecular weight excluding hydrogens is 136 g/mol. The fraction of sp³-hybridized carbons (Fsp3) is 0.667. The van der Waals surface area contributed by atoms with E-state index in [0.717, 1.165) is 0 Å². The molecule has 0 radical (unpaired) electrons. The van der Waals surface area contributed by atoms with Crippen molar-refractivity contribution >= 4 is 6.21 Å². The number of nitrogens with zero attached hydrogens (tertiary/aromatic N) is 1. The molecule has 2 heteroatoms. The van der Waals surface area contributed by atoms with Crippen molar-refractivity contribution in [2.75, 3.05) is 7.05 Å². The van der Waals surface area contributed by atoms with Crippen molar-refractivity contribution in [2.24, 2.45) is 4.99 Å². The number of hydrogen-bond acceptors (Lipinski definition) is 1. The molecule has 0 rings (SSSR count). The van der Waals surface area contributed by atoms with Crippen LogP contribution in [0.3, 0.4) is 0 Å². The molecule has 0 fully saturated rings. The van der Waals surface area contributed by atoms with Crippen LogP contribution in [0, 0.1) is 0 Å². The topological polar surface area (TPSA) is 12.4 Å². The molecule has 0 N–H and O–H groups in total. The Morgan fingerprint density at radius 2 is 1.80 bits per heavy atom. The zero-order chi connectivity index (χ0) is 3.41. The first-order valence-electron chi connectivity index (χ1n) is 1.17. The van der Waals surface area contributed by atoms with Crippen molar-refractivity contribution in [1.29, 1.82) is 0 Å². The normalized spacial score (nSPS) is 7.60. The average Bonchev–Trinajstić information content (AvgIpc) is 1.37. The zero-order valence-corrected chi connectivity index (χ0v) is 8.86. The Balaban J connectivity index is 0. The van der Waals surface area contributed by atoms with E-state index < -0.39 is 0 Å². The number of aliphatic imine (C=N–C) groups is 1. The van der Waals surface area contributed by atoms with E-state index in [9.17, 15) is 0 Å². The Labute approximate surface area is 81.7 Å². The third-order valence-corrected chi connectivity index (χ3v) is 0.224. The standard InChI is InChI=1S/C3H6N.Rb/c1-3-4-2;/h1-2H3;/q-1;+1. The number of rotatable bonds is 0. The summed E-state index contributed by atoms with van der Waals surface area (Å²) in [6.07, 6.45) is 2.56. The maximum atomic E-state index is 3.49. The first-order valence-corrected chi connectivity index (χ1v) is 1.17. The summed E-state index contributed by atoms with van der Waals surface area (Å²) in [6, 6.07) is 0. The van der Waals surface area contributed by atoms with Gasteiger partial charge >= 0.3 is 58.2 Å². The van der Waals surface area contributed by atoms with Gasteiger partial charge in [0, 0.05) is 0 Å². The second-order valence-corrected chi connectivity index (χ2v) is 0.447. The molecule has 1 nitrogen and oxygen atoms in total. The summed E-state index contributed by atoms with van der Waals surface area (Å²) in [6.45, 7) is 1.76. The van der Waals surface area contributed by atoms with E-state index >= 15 is 0 Å². The van der Waals surface area contributed by atoms with Gasteiger partial charge in [-0.15, -0.1) is 0 Å². The van der Waals surface area contributed by atoms with Crippen LogP contribution in [-0.4, -0.2) is 13.3 Å². The minimum atomic E-state index is 0. The van der Waals surface area contributed by atoms with E-state index in [0.29, 0.717) is 0 Å². The third-order valence-electron chi connectivity index (χ3n) is 0.224. The molecular formula is C3H6NRb. The fourth-order valence-corrected chi connectivity index (χ4v) is 0. The van der Waals surface area contributed by atoms with Gasteiger partial charge in [-0.25, -0.2) is 0 Å². The fourth-order valence-electron chi connectivity index (χ4n) is 0. The molecule has 0 spiro atoms. The first-order chi connectivity index (χ1) is 1.91. The third kappa shape index (κ3) is 10.8. The molecule has 0 saturated carbocycles. The molecule has 24 valence electrons. The van der Waals surface area contributed by atoms with E-state index in [4.69, 9.17) is 0 Å². The summed E-state index contributed by atoms with van der Waals surface area (Å²) in [7, 11) is 1.69. The molecule has 0 atom stereocenters. The molecule has 0 amide bonds. The molecule has 5 heavy (non-hydrogen) atoms. The predicted octanol–water partition coefficient (Wildman–Crippen LogP) is -2.41. The van der Waals surface area contributed by atoms with Gasteiger partial charge in [-0.1, -0.05) is 0 Å². The Bertz CT molecular complexity index is 22.1. The summed E-state index contributed by atoms with van der Waals surface area (Å²) in [4.78, 5) is 3.49. The average molecular weight is 142 g/mol. The summed E-state index contributed by atoms with van der Waals surface area (Å²) in [5.74, 6) is 0. The van der Waals surface area contributed by atoms with Crippen LogP contribution in [0.15, 0.2) is 4.99 Å². The Hall–Kier alpha value is 1.48. The van der Waals surface area contributed by atoms with Crippen molar-refractivity contribution in [3.8, 4) is 0 Å². The van der Waals surface area contributed by atoms with E-state index in [1.807, 2.05) is 0 Å². The van der Waals surface area contributed by atoms with Gasteiger partial charge in [0.15, 0.2) is 0 Å². The van der Waals surface area contributed by atoms with Crippen molar-refractivity contribution < 1.29 is 58.2 Å². The van der Waals surface area contributed by atoms with Gasteiger partial charge < -0.3 is 11.2 Å². The van der Waals surface area contributed by atoms with Gasteiger partial charge in [0.1, 0.15) is 0 Å². The van der Waals surface area contributed by atoms with Gasteiger partial charge in [-0.05, 0) is 7.05 Å². The van der Waals surface area contributed by atoms with Crippen molar-refractivity contribution in [1.82, 2.24) is 0 Å². The minimum absolute atomic E-state index is 0. The van der Waals surface area contributed by atoms with Crippen LogP contribution in [0.1, 0.15) is 6.92 Å². The molecule has 0 aromatic heterocycles. The van der Waals surface area contributed by atoms with Gasteiger partial charge in [0.05, 0.1) is 0 Å². The van der Waals surface area contributed by atoms with Crippen LogP contribution in [0.25, 0.3) is 0 Å². The molecule has 0 aliphatic carbocycles. The number of hydrogen-bond donors (Lipinski definition) is 0. The van der Waals surface area contributed by atoms with E-state index in [2.05, 4.69) is 11.2 Å². The van der Waals surface area contributed by atoms with E-state index in [1.165, 1.54) is 0 Å². The van der Waals surface area contributed by atoms with Crippen LogP contribution >= 0.6 is 0 Å². The SMILES string of the molecule is C[C-]=NC.[Rb+]. The molecule has 0 aromatic carbocycles. The maximum Gasteiger partial charge on any atom is 1.00 e. The van der Waals surface area contributed by atoms with Gasteiger partial charge in [-0.2, -0.15) is 6.92 Å². The van der Waals surface area contributed by atoms with Crippen LogP contribution in [0.5, 0.6) is 0 Å². The van der Waals surface area contributed by atoms with Crippen LogP contribution in [-0.2, 0) is 0 Å². The Morgan fingerprint density at radius 3 is 1.80 bits per heavy atom. The zero-order valence-electron chi connectivity index (χ0n) is 3.95. The summed E-state index contributed by atoms with van der Waals surface area (Å²) in [5.41, 5.74) is 0. The minimum Gasteiger partial charge on any atom is -0.506 e. The second-order valence-electron chi connectivity index (χ2n) is 0.447. The van der Waals surface area contributed by atoms with E-state index in [1.54, 1.807) is 14.0 Å². The second kappa shape index (κ2) is 9.08. The molecule has 0 bridgehead atoms. The molecule has 0 aliphatic rings. The molecule has 0 aromatic rings. The summed E-state index contributed by atoms with van der Waals surface area (Å²) in [5, 5.41) is 0. The van der Waals surface area contributed by atoms with Crippen molar-refractivity contribution in [2.45, 2.75) is 6.92 Å². The molecule has 0 saturated heterocycles. The Kier molecular flexibility index (Phi) is 17.6. The summed E-state index contributed by atoms with van der Waals surface area (Å²) >= 11 is 0. The van der Waals surface area contributed by atoms with Crippen LogP contribution in [0.4, 0.5) is 0 Å². The van der Waals surface area contributed by atoms with Gasteiger partial charge in [-0.3, -0.25) is 0 Å². The quantitative estimate of drug-likeness (QED) is 0.263. The molecule has 0 heterocycles. The first kappa shape index (κ1) is 9.69. The van der Waals surface area contributed by atoms with Crippen molar-refractivity contribution in [3.63, 3.8) is 0 Å². The largest absolute Gasteiger partial charge is 1.00 e. The monoisotopic (exact) mass is 141 g/mol. The smallest absolute Gasteiger partial charge is 0.506 e. The van der Waals surface area contributed by atoms with Gasteiger partial charge in [0.25, 0.3) is 0 Å². The maximum absolute atomic E-state index is 3.49. The van der Waals surface area contributed by atoms with Crippen molar-refractivity contribution in [3.05, 3.63) is 0 Å². The van der Waals surface area contributed by atoms with Gasteiger partial charge in [0.2, 0.25) is 0 Å². The summed E-state index contributed by atoms with van der Waals surface area (Å²) < 4.78 is 0. The molecule has 0 unspecified atom stereocenters. The molecule has 0 aliphatic heterocycles. The predicted molar refractivity (Wildman–Crippen MR) is 19.0 cm³/mol. The van der Waals surface area contributed by atoms with E-state index in [-0.39, 0.29) is 58.2 Å². The Morgan fingerprint density at radius 1 is 1.60 bits per heavy atom.